The Balaban J connectivity index is 1.74. The first-order valence-electron chi connectivity index (χ1n) is 12.0. The second kappa shape index (κ2) is 10.4. The van der Waals surface area contributed by atoms with Gasteiger partial charge < -0.3 is 9.26 Å². The summed E-state index contributed by atoms with van der Waals surface area (Å²) < 4.78 is 39.9. The van der Waals surface area contributed by atoms with Crippen LogP contribution in [0.3, 0.4) is 0 Å². The van der Waals surface area contributed by atoms with Gasteiger partial charge in [-0.15, -0.1) is 11.3 Å². The molecule has 0 fully saturated rings. The van der Waals surface area contributed by atoms with Crippen molar-refractivity contribution in [3.8, 4) is 16.3 Å². The van der Waals surface area contributed by atoms with Crippen LogP contribution >= 0.6 is 11.3 Å². The molecule has 5 aromatic rings. The molecule has 0 atom stereocenters. The maximum Gasteiger partial charge on any atom is 0.359 e. The summed E-state index contributed by atoms with van der Waals surface area (Å²) in [5.74, 6) is -1.70. The Morgan fingerprint density at radius 1 is 0.974 bits per heavy atom. The molecule has 0 unspecified atom stereocenters. The minimum Gasteiger partial charge on any atom is -0.461 e. The van der Waals surface area contributed by atoms with Crippen molar-refractivity contribution in [1.82, 2.24) is 14.9 Å². The Kier molecular flexibility index (Phi) is 7.02. The molecular formula is C28H23N3O6S2. The molecule has 0 aliphatic rings. The van der Waals surface area contributed by atoms with E-state index in [1.807, 2.05) is 19.1 Å². The first-order chi connectivity index (χ1) is 18.7. The van der Waals surface area contributed by atoms with Gasteiger partial charge in [-0.25, -0.2) is 17.9 Å². The van der Waals surface area contributed by atoms with Crippen LogP contribution in [0.1, 0.15) is 44.7 Å². The summed E-state index contributed by atoms with van der Waals surface area (Å²) in [5.41, 5.74) is 1.13. The van der Waals surface area contributed by atoms with Gasteiger partial charge in [-0.2, -0.15) is 5.10 Å². The fourth-order valence-corrected chi connectivity index (χ4v) is 6.43. The van der Waals surface area contributed by atoms with Crippen molar-refractivity contribution in [3.05, 3.63) is 100 Å². The first kappa shape index (κ1) is 26.3. The van der Waals surface area contributed by atoms with E-state index < -0.39 is 27.3 Å². The lowest BCUT2D eigenvalue weighted by Crippen LogP contribution is -2.15. The van der Waals surface area contributed by atoms with Gasteiger partial charge in [0.05, 0.1) is 33.3 Å². The fourth-order valence-electron chi connectivity index (χ4n) is 4.13. The summed E-state index contributed by atoms with van der Waals surface area (Å²) in [6.07, 6.45) is 0. The lowest BCUT2D eigenvalue weighted by molar-refractivity contribution is 0.0516. The zero-order valence-electron chi connectivity index (χ0n) is 21.2. The smallest absolute Gasteiger partial charge is 0.359 e. The average molecular weight is 562 g/mol. The third-order valence-corrected chi connectivity index (χ3v) is 8.70. The second-order valence-corrected chi connectivity index (χ2v) is 11.4. The van der Waals surface area contributed by atoms with Gasteiger partial charge in [0.25, 0.3) is 0 Å². The van der Waals surface area contributed by atoms with Crippen molar-refractivity contribution in [3.63, 3.8) is 0 Å². The third kappa shape index (κ3) is 4.70. The fraction of sp³-hybridized carbons (Fsp3) is 0.143. The molecule has 0 spiro atoms. The van der Waals surface area contributed by atoms with Crippen LogP contribution in [0.4, 0.5) is 0 Å². The van der Waals surface area contributed by atoms with E-state index in [-0.39, 0.29) is 33.4 Å². The molecule has 11 heteroatoms. The molecule has 3 heterocycles. The van der Waals surface area contributed by atoms with E-state index >= 15 is 0 Å². The predicted octanol–water partition coefficient (Wildman–Crippen LogP) is 5.45. The maximum atomic E-state index is 14.1. The summed E-state index contributed by atoms with van der Waals surface area (Å²) in [6, 6.07) is 18.5. The highest BCUT2D eigenvalue weighted by Crippen LogP contribution is 2.38. The number of carbonyl (C=O) groups excluding carboxylic acids is 2. The van der Waals surface area contributed by atoms with E-state index in [2.05, 4.69) is 10.3 Å². The largest absolute Gasteiger partial charge is 0.461 e. The minimum absolute atomic E-state index is 0.0299. The second-order valence-electron chi connectivity index (χ2n) is 8.59. The van der Waals surface area contributed by atoms with Crippen LogP contribution in [0.25, 0.3) is 16.3 Å². The van der Waals surface area contributed by atoms with E-state index in [0.717, 1.165) is 5.56 Å². The molecule has 0 radical (unpaired) electrons. The van der Waals surface area contributed by atoms with Crippen molar-refractivity contribution < 1.29 is 27.3 Å². The van der Waals surface area contributed by atoms with Gasteiger partial charge >= 0.3 is 5.97 Å². The van der Waals surface area contributed by atoms with Crippen LogP contribution in [-0.2, 0) is 14.6 Å². The number of esters is 1. The molecule has 9 nitrogen and oxygen atoms in total. The molecule has 2 aromatic carbocycles. The Morgan fingerprint density at radius 3 is 2.33 bits per heavy atom. The van der Waals surface area contributed by atoms with Crippen LogP contribution in [0.2, 0.25) is 0 Å². The van der Waals surface area contributed by atoms with Crippen molar-refractivity contribution >= 4 is 32.9 Å². The maximum absolute atomic E-state index is 14.1. The summed E-state index contributed by atoms with van der Waals surface area (Å²) in [6.45, 7) is 5.25. The van der Waals surface area contributed by atoms with Crippen LogP contribution in [0, 0.1) is 13.8 Å². The number of rotatable bonds is 8. The van der Waals surface area contributed by atoms with E-state index in [4.69, 9.17) is 9.26 Å². The summed E-state index contributed by atoms with van der Waals surface area (Å²) >= 11 is 1.24. The number of ether oxygens (including phenoxy) is 1. The number of sulfone groups is 1. The van der Waals surface area contributed by atoms with Gasteiger partial charge in [-0.3, -0.25) is 4.79 Å². The number of thiophene rings is 1. The zero-order valence-corrected chi connectivity index (χ0v) is 22.9. The Morgan fingerprint density at radius 2 is 1.69 bits per heavy atom. The highest BCUT2D eigenvalue weighted by Gasteiger charge is 2.38. The lowest BCUT2D eigenvalue weighted by atomic mass is 10.1. The van der Waals surface area contributed by atoms with E-state index in [1.54, 1.807) is 61.7 Å². The Bertz CT molecular complexity index is 1770. The number of aryl methyl sites for hydroxylation is 1. The Labute approximate surface area is 228 Å². The molecular weight excluding hydrogens is 538 g/mol. The van der Waals surface area contributed by atoms with Crippen molar-refractivity contribution in [2.24, 2.45) is 0 Å². The topological polar surface area (TPSA) is 121 Å². The number of ketones is 1. The SMILES string of the molecule is CCOC(=O)c1nn(-c2ccc(C)cc2)c(C)c1C(=O)c1noc(-c2cccs2)c1S(=O)(=O)c1ccccc1. The van der Waals surface area contributed by atoms with Gasteiger partial charge in [-0.1, -0.05) is 47.1 Å². The van der Waals surface area contributed by atoms with Crippen LogP contribution in [0.5, 0.6) is 0 Å². The predicted molar refractivity (Wildman–Crippen MR) is 144 cm³/mol. The molecule has 0 saturated heterocycles. The highest BCUT2D eigenvalue weighted by atomic mass is 32.2. The van der Waals surface area contributed by atoms with Gasteiger partial charge in [0.2, 0.25) is 15.6 Å². The quantitative estimate of drug-likeness (QED) is 0.181. The molecule has 0 bridgehead atoms. The molecule has 0 saturated carbocycles. The number of nitrogens with zero attached hydrogens (tertiary/aromatic N) is 3. The minimum atomic E-state index is -4.26. The third-order valence-electron chi connectivity index (χ3n) is 6.02. The first-order valence-corrected chi connectivity index (χ1v) is 14.3. The molecule has 0 amide bonds. The normalized spacial score (nSPS) is 11.5. The standard InChI is InChI=1S/C28H23N3O6S2/c1-4-36-28(33)23-22(18(3)31(29-23)19-14-12-17(2)13-15-19)25(32)24-27(26(37-30-24)21-11-8-16-38-21)39(34,35)20-9-6-5-7-10-20/h5-16H,4H2,1-3H3. The Hall–Kier alpha value is -4.35. The summed E-state index contributed by atoms with van der Waals surface area (Å²) in [4.78, 5) is 27.1. The molecule has 0 aliphatic carbocycles. The number of hydrogen-bond acceptors (Lipinski definition) is 9. The molecule has 5 rings (SSSR count). The number of carbonyl (C=O) groups is 2. The van der Waals surface area contributed by atoms with Crippen LogP contribution in [-0.4, -0.2) is 41.7 Å². The number of aromatic nitrogens is 3. The highest BCUT2D eigenvalue weighted by molar-refractivity contribution is 7.91. The van der Waals surface area contributed by atoms with Gasteiger partial charge in [0.15, 0.2) is 22.0 Å². The van der Waals surface area contributed by atoms with Crippen LogP contribution < -0.4 is 0 Å². The van der Waals surface area contributed by atoms with E-state index in [1.165, 1.54) is 28.2 Å². The van der Waals surface area contributed by atoms with Gasteiger partial charge in [0.1, 0.15) is 0 Å². The van der Waals surface area contributed by atoms with Crippen LogP contribution in [0.15, 0.2) is 86.4 Å². The average Bonchev–Trinajstić information content (AvgIpc) is 3.68. The lowest BCUT2D eigenvalue weighted by Gasteiger charge is -2.07. The van der Waals surface area contributed by atoms with Gasteiger partial charge in [0, 0.05) is 0 Å². The summed E-state index contributed by atoms with van der Waals surface area (Å²) in [5, 5.41) is 10.1. The number of hydrogen-bond donors (Lipinski definition) is 0. The summed E-state index contributed by atoms with van der Waals surface area (Å²) in [7, 11) is -4.26. The zero-order chi connectivity index (χ0) is 27.7. The van der Waals surface area contributed by atoms with Crippen molar-refractivity contribution in [2.45, 2.75) is 30.6 Å². The molecule has 0 N–H and O–H groups in total. The van der Waals surface area contributed by atoms with Gasteiger partial charge in [-0.05, 0) is 56.5 Å². The number of benzene rings is 2. The van der Waals surface area contributed by atoms with E-state index in [9.17, 15) is 18.0 Å². The van der Waals surface area contributed by atoms with Crippen molar-refractivity contribution in [1.29, 1.82) is 0 Å². The monoisotopic (exact) mass is 561 g/mol. The molecule has 3 aromatic heterocycles. The van der Waals surface area contributed by atoms with Crippen molar-refractivity contribution in [2.75, 3.05) is 6.61 Å². The molecule has 0 aliphatic heterocycles. The van der Waals surface area contributed by atoms with E-state index in [0.29, 0.717) is 16.3 Å². The molecule has 198 valence electrons. The molecule has 39 heavy (non-hydrogen) atoms.